The minimum atomic E-state index is 0.332. The number of benzene rings is 1. The fraction of sp³-hybridized carbons (Fsp3) is 0. The van der Waals surface area contributed by atoms with E-state index in [-0.39, 0.29) is 0 Å². The average molecular weight is 372 g/mol. The van der Waals surface area contributed by atoms with Crippen LogP contribution in [0.5, 0.6) is 0 Å². The van der Waals surface area contributed by atoms with Crippen LogP contribution >= 0.6 is 22.9 Å². The molecule has 2 N–H and O–H groups in total. The summed E-state index contributed by atoms with van der Waals surface area (Å²) in [6.45, 7) is 0. The Morgan fingerprint density at radius 1 is 1.24 bits per heavy atom. The fourth-order valence-electron chi connectivity index (χ4n) is 2.32. The number of hydrogen-bond donors (Lipinski definition) is 2. The lowest BCUT2D eigenvalue weighted by molar-refractivity contribution is 0.240. The zero-order chi connectivity index (χ0) is 17.2. The van der Waals surface area contributed by atoms with Crippen LogP contribution in [0.25, 0.3) is 32.4 Å². The first kappa shape index (κ1) is 15.7. The van der Waals surface area contributed by atoms with Crippen LogP contribution in [0.2, 0.25) is 5.02 Å². The Bertz CT molecular complexity index is 1060. The molecule has 0 bridgehead atoms. The molecule has 0 aliphatic heterocycles. The first-order valence-corrected chi connectivity index (χ1v) is 8.35. The molecule has 4 rings (SSSR count). The van der Waals surface area contributed by atoms with Crippen LogP contribution in [0.15, 0.2) is 52.1 Å². The number of hydroxylamine groups is 1. The Morgan fingerprint density at radius 3 is 2.88 bits per heavy atom. The molecule has 9 heteroatoms. The number of aromatic nitrogens is 3. The quantitative estimate of drug-likeness (QED) is 0.315. The standard InChI is InChI=1S/C16H10ClN5O2S/c17-10-5-3-9(4-6-10)14-21-15(24-22-14)13-12(19-8-20-23)11-2-1-7-18-16(11)25-13/h1-8,23H,(H,19,20). The highest BCUT2D eigenvalue weighted by Crippen LogP contribution is 2.43. The summed E-state index contributed by atoms with van der Waals surface area (Å²) in [6, 6.07) is 10.9. The van der Waals surface area contributed by atoms with Gasteiger partial charge in [0.2, 0.25) is 5.82 Å². The maximum atomic E-state index is 8.80. The molecule has 0 aliphatic carbocycles. The van der Waals surface area contributed by atoms with Gasteiger partial charge in [-0.25, -0.2) is 9.98 Å². The van der Waals surface area contributed by atoms with Crippen molar-refractivity contribution in [1.82, 2.24) is 20.6 Å². The van der Waals surface area contributed by atoms with Crippen molar-refractivity contribution >= 4 is 45.2 Å². The van der Waals surface area contributed by atoms with Gasteiger partial charge in [-0.3, -0.25) is 10.7 Å². The molecule has 1 aromatic carbocycles. The maximum absolute atomic E-state index is 8.80. The summed E-state index contributed by atoms with van der Waals surface area (Å²) in [5.41, 5.74) is 3.29. The average Bonchev–Trinajstić information content (AvgIpc) is 3.25. The van der Waals surface area contributed by atoms with E-state index in [1.165, 1.54) is 17.7 Å². The number of aliphatic imine (C=N–C) groups is 1. The molecule has 3 heterocycles. The molecule has 3 aromatic heterocycles. The van der Waals surface area contributed by atoms with Crippen molar-refractivity contribution < 1.29 is 9.73 Å². The molecule has 0 radical (unpaired) electrons. The smallest absolute Gasteiger partial charge is 0.270 e. The van der Waals surface area contributed by atoms with Crippen molar-refractivity contribution in [2.24, 2.45) is 4.99 Å². The van der Waals surface area contributed by atoms with Crippen LogP contribution in [0.1, 0.15) is 0 Å². The predicted molar refractivity (Wildman–Crippen MR) is 96.4 cm³/mol. The van der Waals surface area contributed by atoms with Gasteiger partial charge in [-0.1, -0.05) is 16.8 Å². The second-order valence-electron chi connectivity index (χ2n) is 4.95. The largest absolute Gasteiger partial charge is 0.333 e. The van der Waals surface area contributed by atoms with Crippen LogP contribution in [0, 0.1) is 0 Å². The van der Waals surface area contributed by atoms with E-state index in [4.69, 9.17) is 21.3 Å². The zero-order valence-corrected chi connectivity index (χ0v) is 14.1. The Kier molecular flexibility index (Phi) is 4.14. The monoisotopic (exact) mass is 371 g/mol. The van der Waals surface area contributed by atoms with Crippen LogP contribution in [0.4, 0.5) is 5.69 Å². The van der Waals surface area contributed by atoms with Gasteiger partial charge in [0, 0.05) is 22.2 Å². The normalized spacial score (nSPS) is 11.4. The number of rotatable bonds is 4. The van der Waals surface area contributed by atoms with Crippen molar-refractivity contribution in [3.8, 4) is 22.2 Å². The van der Waals surface area contributed by atoms with E-state index in [1.54, 1.807) is 18.3 Å². The molecule has 25 heavy (non-hydrogen) atoms. The molecule has 0 saturated heterocycles. The lowest BCUT2D eigenvalue weighted by Crippen LogP contribution is -2.00. The highest BCUT2D eigenvalue weighted by Gasteiger charge is 2.20. The van der Waals surface area contributed by atoms with Crippen molar-refractivity contribution in [2.75, 3.05) is 0 Å². The first-order valence-electron chi connectivity index (χ1n) is 7.16. The molecule has 7 nitrogen and oxygen atoms in total. The maximum Gasteiger partial charge on any atom is 0.270 e. The summed E-state index contributed by atoms with van der Waals surface area (Å²) >= 11 is 7.29. The van der Waals surface area contributed by atoms with E-state index in [0.717, 1.165) is 15.8 Å². The van der Waals surface area contributed by atoms with Gasteiger partial charge < -0.3 is 4.52 Å². The molecular formula is C16H10ClN5O2S. The zero-order valence-electron chi connectivity index (χ0n) is 12.5. The van der Waals surface area contributed by atoms with E-state index in [1.807, 2.05) is 29.7 Å². The van der Waals surface area contributed by atoms with E-state index in [9.17, 15) is 0 Å². The third-order valence-electron chi connectivity index (χ3n) is 3.41. The van der Waals surface area contributed by atoms with E-state index < -0.39 is 0 Å². The summed E-state index contributed by atoms with van der Waals surface area (Å²) in [5, 5.41) is 14.3. The first-order chi connectivity index (χ1) is 12.3. The van der Waals surface area contributed by atoms with Gasteiger partial charge in [0.05, 0.1) is 5.69 Å². The van der Waals surface area contributed by atoms with Crippen molar-refractivity contribution in [1.29, 1.82) is 0 Å². The lowest BCUT2D eigenvalue weighted by Gasteiger charge is -1.94. The van der Waals surface area contributed by atoms with Crippen LogP contribution in [-0.2, 0) is 0 Å². The van der Waals surface area contributed by atoms with E-state index in [2.05, 4.69) is 20.1 Å². The third-order valence-corrected chi connectivity index (χ3v) is 4.76. The van der Waals surface area contributed by atoms with E-state index >= 15 is 0 Å². The number of nitrogens with zero attached hydrogens (tertiary/aromatic N) is 4. The second-order valence-corrected chi connectivity index (χ2v) is 6.39. The number of thiophene rings is 1. The number of hydrogen-bond acceptors (Lipinski definition) is 7. The second kappa shape index (κ2) is 6.60. The minimum absolute atomic E-state index is 0.332. The summed E-state index contributed by atoms with van der Waals surface area (Å²) in [7, 11) is 0. The van der Waals surface area contributed by atoms with Gasteiger partial charge in [0.15, 0.2) is 0 Å². The van der Waals surface area contributed by atoms with Crippen LogP contribution < -0.4 is 5.48 Å². The van der Waals surface area contributed by atoms with Gasteiger partial charge in [-0.05, 0) is 36.4 Å². The summed E-state index contributed by atoms with van der Waals surface area (Å²) in [5.74, 6) is 0.783. The molecular weight excluding hydrogens is 362 g/mol. The molecule has 0 amide bonds. The molecule has 0 spiro atoms. The molecule has 124 valence electrons. The lowest BCUT2D eigenvalue weighted by atomic mass is 10.2. The molecule has 0 aliphatic rings. The molecule has 0 saturated carbocycles. The molecule has 0 unspecified atom stereocenters. The minimum Gasteiger partial charge on any atom is -0.333 e. The SMILES string of the molecule is ONC=Nc1c(-c2nc(-c3ccc(Cl)cc3)no2)sc2ncccc12. The Labute approximate surface area is 150 Å². The van der Waals surface area contributed by atoms with E-state index in [0.29, 0.717) is 27.3 Å². The highest BCUT2D eigenvalue weighted by atomic mass is 35.5. The third kappa shape index (κ3) is 2.98. The Hall–Kier alpha value is -2.81. The van der Waals surface area contributed by atoms with Crippen molar-refractivity contribution in [3.05, 3.63) is 47.6 Å². The van der Waals surface area contributed by atoms with Gasteiger partial charge in [-0.15, -0.1) is 11.3 Å². The van der Waals surface area contributed by atoms with Gasteiger partial charge in [0.25, 0.3) is 5.89 Å². The molecule has 0 fully saturated rings. The molecule has 0 atom stereocenters. The number of pyridine rings is 1. The number of nitrogens with one attached hydrogen (secondary N) is 1. The summed E-state index contributed by atoms with van der Waals surface area (Å²) in [6.07, 6.45) is 2.88. The van der Waals surface area contributed by atoms with Gasteiger partial charge >= 0.3 is 0 Å². The molecule has 4 aromatic rings. The van der Waals surface area contributed by atoms with Gasteiger partial charge in [0.1, 0.15) is 16.0 Å². The van der Waals surface area contributed by atoms with Crippen molar-refractivity contribution in [2.45, 2.75) is 0 Å². The highest BCUT2D eigenvalue weighted by molar-refractivity contribution is 7.22. The number of halogens is 1. The predicted octanol–water partition coefficient (Wildman–Crippen LogP) is 4.31. The Balaban J connectivity index is 1.82. The summed E-state index contributed by atoms with van der Waals surface area (Å²) in [4.78, 5) is 14.5. The van der Waals surface area contributed by atoms with Crippen LogP contribution in [0.3, 0.4) is 0 Å². The summed E-state index contributed by atoms with van der Waals surface area (Å²) < 4.78 is 5.42. The van der Waals surface area contributed by atoms with Gasteiger partial charge in [-0.2, -0.15) is 4.98 Å². The Morgan fingerprint density at radius 2 is 2.08 bits per heavy atom. The number of fused-ring (bicyclic) bond motifs is 1. The van der Waals surface area contributed by atoms with Crippen molar-refractivity contribution in [3.63, 3.8) is 0 Å². The van der Waals surface area contributed by atoms with Crippen LogP contribution in [-0.4, -0.2) is 26.7 Å². The topological polar surface area (TPSA) is 96.4 Å². The fourth-order valence-corrected chi connectivity index (χ4v) is 3.46.